The van der Waals surface area contributed by atoms with Gasteiger partial charge in [-0.15, -0.1) is 0 Å². The minimum absolute atomic E-state index is 0.0133. The summed E-state index contributed by atoms with van der Waals surface area (Å²) >= 11 is 6.21. The molecule has 214 valence electrons. The Hall–Kier alpha value is -3.57. The molecule has 1 N–H and O–H groups in total. The highest BCUT2D eigenvalue weighted by molar-refractivity contribution is 7.90. The lowest BCUT2D eigenvalue weighted by molar-refractivity contribution is -0.152. The first-order valence-electron chi connectivity index (χ1n) is 13.3. The number of hydrogen-bond donors (Lipinski definition) is 1. The average Bonchev–Trinajstić information content (AvgIpc) is 3.34. The van der Waals surface area contributed by atoms with Gasteiger partial charge in [0.05, 0.1) is 22.9 Å². The van der Waals surface area contributed by atoms with E-state index in [0.717, 1.165) is 35.2 Å². The molecule has 12 heteroatoms. The molecule has 4 aromatic rings. The van der Waals surface area contributed by atoms with E-state index < -0.39 is 33.6 Å². The van der Waals surface area contributed by atoms with Crippen molar-refractivity contribution in [2.75, 3.05) is 12.4 Å². The van der Waals surface area contributed by atoms with Crippen molar-refractivity contribution in [2.45, 2.75) is 43.5 Å². The van der Waals surface area contributed by atoms with Crippen LogP contribution in [0.15, 0.2) is 53.7 Å². The quantitative estimate of drug-likeness (QED) is 0.272. The predicted molar refractivity (Wildman–Crippen MR) is 150 cm³/mol. The summed E-state index contributed by atoms with van der Waals surface area (Å²) in [6.45, 7) is 1.84. The van der Waals surface area contributed by atoms with Gasteiger partial charge >= 0.3 is 5.97 Å². The van der Waals surface area contributed by atoms with Crippen molar-refractivity contribution in [2.24, 2.45) is 17.8 Å². The lowest BCUT2D eigenvalue weighted by Gasteiger charge is -2.47. The Morgan fingerprint density at radius 2 is 1.76 bits per heavy atom. The molecule has 0 aliphatic heterocycles. The highest BCUT2D eigenvalue weighted by Crippen LogP contribution is 2.47. The molecule has 2 bridgehead atoms. The summed E-state index contributed by atoms with van der Waals surface area (Å²) in [7, 11) is -2.81. The Morgan fingerprint density at radius 3 is 2.44 bits per heavy atom. The van der Waals surface area contributed by atoms with Gasteiger partial charge in [0.2, 0.25) is 0 Å². The summed E-state index contributed by atoms with van der Waals surface area (Å²) in [6, 6.07) is 8.01. The van der Waals surface area contributed by atoms with Crippen LogP contribution in [0.1, 0.15) is 31.2 Å². The number of benzene rings is 1. The minimum atomic E-state index is -4.14. The van der Waals surface area contributed by atoms with Crippen molar-refractivity contribution in [1.82, 2.24) is 13.9 Å². The summed E-state index contributed by atoms with van der Waals surface area (Å²) in [4.78, 5) is 21.2. The molecule has 0 amide bonds. The number of aryl methyl sites for hydroxylation is 1. The van der Waals surface area contributed by atoms with Crippen LogP contribution >= 0.6 is 11.6 Å². The van der Waals surface area contributed by atoms with Gasteiger partial charge in [-0.2, -0.15) is 0 Å². The van der Waals surface area contributed by atoms with E-state index in [0.29, 0.717) is 6.07 Å². The van der Waals surface area contributed by atoms with Gasteiger partial charge in [0.25, 0.3) is 10.0 Å². The summed E-state index contributed by atoms with van der Waals surface area (Å²) in [5.41, 5.74) is 0.683. The fourth-order valence-electron chi connectivity index (χ4n) is 6.30. The molecule has 3 aromatic heterocycles. The van der Waals surface area contributed by atoms with E-state index in [1.807, 2.05) is 6.92 Å². The molecule has 3 aliphatic carbocycles. The number of carbonyl (C=O) groups excluding carboxylic acids is 1. The van der Waals surface area contributed by atoms with E-state index >= 15 is 8.78 Å². The maximum Gasteiger partial charge on any atom is 0.311 e. The average molecular weight is 601 g/mol. The molecular formula is C29H27ClF2N4O4S. The molecule has 0 unspecified atom stereocenters. The fourth-order valence-corrected chi connectivity index (χ4v) is 7.78. The Bertz CT molecular complexity index is 1770. The number of methoxy groups -OCH3 is 1. The number of halogens is 3. The molecule has 0 radical (unpaired) electrons. The van der Waals surface area contributed by atoms with Crippen LogP contribution in [-0.2, 0) is 19.6 Å². The SMILES string of the molecule is COC(=O)[C@@H]1C2CCC(CC2)[C@H]1Nc1nc(-c2cn(S(=O)(=O)c3ccc(C)cc3)c3ncc(Cl)cc23)c(F)cc1F. The molecule has 2 atom stereocenters. The molecule has 3 heterocycles. The molecule has 0 saturated heterocycles. The van der Waals surface area contributed by atoms with Gasteiger partial charge in [0.15, 0.2) is 23.1 Å². The topological polar surface area (TPSA) is 103 Å². The largest absolute Gasteiger partial charge is 0.469 e. The smallest absolute Gasteiger partial charge is 0.311 e. The van der Waals surface area contributed by atoms with Gasteiger partial charge in [0, 0.05) is 35.5 Å². The van der Waals surface area contributed by atoms with Crippen molar-refractivity contribution < 1.29 is 26.7 Å². The maximum atomic E-state index is 15.4. The van der Waals surface area contributed by atoms with E-state index in [2.05, 4.69) is 15.3 Å². The first-order valence-corrected chi connectivity index (χ1v) is 15.1. The molecule has 8 nitrogen and oxygen atoms in total. The number of fused-ring (bicyclic) bond motifs is 4. The van der Waals surface area contributed by atoms with Crippen LogP contribution in [0.4, 0.5) is 14.6 Å². The molecule has 1 aromatic carbocycles. The van der Waals surface area contributed by atoms with E-state index in [1.165, 1.54) is 37.7 Å². The van der Waals surface area contributed by atoms with E-state index in [-0.39, 0.29) is 55.8 Å². The third-order valence-corrected chi connectivity index (χ3v) is 10.2. The Kier molecular flexibility index (Phi) is 6.97. The van der Waals surface area contributed by atoms with Crippen molar-refractivity contribution in [3.63, 3.8) is 0 Å². The summed E-state index contributed by atoms with van der Waals surface area (Å²) in [6.07, 6.45) is 6.03. The zero-order chi connectivity index (χ0) is 29.1. The molecule has 3 fully saturated rings. The van der Waals surface area contributed by atoms with Crippen LogP contribution in [0.3, 0.4) is 0 Å². The second-order valence-corrected chi connectivity index (χ2v) is 13.0. The number of anilines is 1. The van der Waals surface area contributed by atoms with Crippen LogP contribution in [-0.4, -0.2) is 41.5 Å². The lowest BCUT2D eigenvalue weighted by atomic mass is 9.61. The van der Waals surface area contributed by atoms with Crippen molar-refractivity contribution in [1.29, 1.82) is 0 Å². The zero-order valence-electron chi connectivity index (χ0n) is 22.3. The van der Waals surface area contributed by atoms with Crippen LogP contribution in [0, 0.1) is 36.3 Å². The van der Waals surface area contributed by atoms with Crippen LogP contribution in [0.25, 0.3) is 22.3 Å². The third kappa shape index (κ3) is 4.74. The van der Waals surface area contributed by atoms with E-state index in [9.17, 15) is 13.2 Å². The van der Waals surface area contributed by atoms with Crippen LogP contribution in [0.5, 0.6) is 0 Å². The van der Waals surface area contributed by atoms with Crippen molar-refractivity contribution >= 4 is 44.4 Å². The Morgan fingerprint density at radius 1 is 1.07 bits per heavy atom. The van der Waals surface area contributed by atoms with Gasteiger partial charge in [-0.05, 0) is 62.6 Å². The summed E-state index contributed by atoms with van der Waals surface area (Å²) in [5.74, 6) is -2.80. The number of hydrogen-bond acceptors (Lipinski definition) is 7. The number of nitrogens with one attached hydrogen (secondary N) is 1. The van der Waals surface area contributed by atoms with Gasteiger partial charge < -0.3 is 10.1 Å². The first kappa shape index (κ1) is 27.6. The predicted octanol–water partition coefficient (Wildman–Crippen LogP) is 5.97. The normalized spacial score (nSPS) is 22.2. The second kappa shape index (κ2) is 10.4. The third-order valence-electron chi connectivity index (χ3n) is 8.34. The number of rotatable bonds is 6. The minimum Gasteiger partial charge on any atom is -0.469 e. The Labute approximate surface area is 240 Å². The van der Waals surface area contributed by atoms with Crippen LogP contribution < -0.4 is 5.32 Å². The van der Waals surface area contributed by atoms with Gasteiger partial charge in [-0.25, -0.2) is 31.1 Å². The van der Waals surface area contributed by atoms with Crippen molar-refractivity contribution in [3.8, 4) is 11.3 Å². The second-order valence-electron chi connectivity index (χ2n) is 10.7. The summed E-state index contributed by atoms with van der Waals surface area (Å²) < 4.78 is 63.8. The number of esters is 1. The maximum absolute atomic E-state index is 15.4. The molecule has 0 spiro atoms. The molecule has 41 heavy (non-hydrogen) atoms. The molecular weight excluding hydrogens is 574 g/mol. The van der Waals surface area contributed by atoms with Gasteiger partial charge in [0.1, 0.15) is 5.69 Å². The highest BCUT2D eigenvalue weighted by Gasteiger charge is 2.48. The number of carbonyl (C=O) groups is 1. The van der Waals surface area contributed by atoms with Crippen molar-refractivity contribution in [3.05, 3.63) is 71.0 Å². The number of ether oxygens (including phenoxy) is 1. The van der Waals surface area contributed by atoms with Gasteiger partial charge in [-0.3, -0.25) is 4.79 Å². The van der Waals surface area contributed by atoms with E-state index in [4.69, 9.17) is 16.3 Å². The standard InChI is InChI=1S/C29H27ClF2N4O4S/c1-15-3-9-19(10-4-15)41(38,39)36-14-21(20-11-18(30)13-33-28(20)36)26-22(31)12-23(32)27(35-26)34-25-17-7-5-16(6-8-17)24(25)29(37)40-2/h3-4,9-14,16-17,24-25H,5-8H2,1-2H3,(H,34,35)/t16?,17?,24-,25-/m1/s1. The lowest BCUT2D eigenvalue weighted by Crippen LogP contribution is -2.52. The first-order chi connectivity index (χ1) is 19.6. The monoisotopic (exact) mass is 600 g/mol. The number of nitrogens with zero attached hydrogens (tertiary/aromatic N) is 3. The molecule has 3 aliphatic rings. The van der Waals surface area contributed by atoms with Crippen LogP contribution in [0.2, 0.25) is 5.02 Å². The summed E-state index contributed by atoms with van der Waals surface area (Å²) in [5, 5.41) is 3.51. The number of aromatic nitrogens is 3. The highest BCUT2D eigenvalue weighted by atomic mass is 35.5. The zero-order valence-corrected chi connectivity index (χ0v) is 23.8. The Balaban J connectivity index is 1.47. The van der Waals surface area contributed by atoms with Gasteiger partial charge in [-0.1, -0.05) is 29.3 Å². The fraction of sp³-hybridized carbons (Fsp3) is 0.345. The molecule has 3 saturated carbocycles. The van der Waals surface area contributed by atoms with E-state index in [1.54, 1.807) is 12.1 Å². The number of pyridine rings is 2. The molecule has 7 rings (SSSR count).